The number of hydrogen-bond donors (Lipinski definition) is 1. The van der Waals surface area contributed by atoms with Crippen LogP contribution in [0.4, 0.5) is 5.69 Å². The van der Waals surface area contributed by atoms with E-state index in [-0.39, 0.29) is 6.04 Å². The van der Waals surface area contributed by atoms with E-state index in [0.717, 1.165) is 18.5 Å². The van der Waals surface area contributed by atoms with Crippen LogP contribution in [0, 0.1) is 5.92 Å². The van der Waals surface area contributed by atoms with Crippen molar-refractivity contribution in [3.8, 4) is 0 Å². The van der Waals surface area contributed by atoms with Gasteiger partial charge in [0.1, 0.15) is 0 Å². The Kier molecular flexibility index (Phi) is 4.28. The van der Waals surface area contributed by atoms with E-state index in [2.05, 4.69) is 49.9 Å². The SMILES string of the molecule is CC(C)CCN(c1ccccc1C(C)N)C1CC1. The quantitative estimate of drug-likeness (QED) is 0.829. The topological polar surface area (TPSA) is 29.3 Å². The number of nitrogens with two attached hydrogens (primary N) is 1. The smallest absolute Gasteiger partial charge is 0.0417 e. The van der Waals surface area contributed by atoms with Gasteiger partial charge < -0.3 is 10.6 Å². The highest BCUT2D eigenvalue weighted by molar-refractivity contribution is 5.56. The largest absolute Gasteiger partial charge is 0.368 e. The molecule has 2 N–H and O–H groups in total. The van der Waals surface area contributed by atoms with Crippen LogP contribution in [0.2, 0.25) is 0 Å². The molecule has 1 unspecified atom stereocenters. The second-order valence-corrected chi connectivity index (χ2v) is 5.95. The molecule has 1 saturated carbocycles. The fourth-order valence-corrected chi connectivity index (χ4v) is 2.42. The Morgan fingerprint density at radius 3 is 2.44 bits per heavy atom. The first-order valence-corrected chi connectivity index (χ1v) is 7.20. The minimum atomic E-state index is 0.113. The zero-order valence-electron chi connectivity index (χ0n) is 11.9. The molecule has 1 atom stereocenters. The molecule has 18 heavy (non-hydrogen) atoms. The van der Waals surface area contributed by atoms with E-state index in [1.54, 1.807) is 0 Å². The molecule has 0 radical (unpaired) electrons. The highest BCUT2D eigenvalue weighted by Crippen LogP contribution is 2.35. The Morgan fingerprint density at radius 2 is 1.89 bits per heavy atom. The standard InChI is InChI=1S/C16H26N2/c1-12(2)10-11-18(14-8-9-14)16-7-5-4-6-15(16)13(3)17/h4-7,12-14H,8-11,17H2,1-3H3. The zero-order valence-corrected chi connectivity index (χ0v) is 11.9. The summed E-state index contributed by atoms with van der Waals surface area (Å²) < 4.78 is 0. The maximum absolute atomic E-state index is 6.10. The monoisotopic (exact) mass is 246 g/mol. The first-order chi connectivity index (χ1) is 8.59. The minimum absolute atomic E-state index is 0.113. The average molecular weight is 246 g/mol. The number of rotatable bonds is 6. The van der Waals surface area contributed by atoms with Crippen molar-refractivity contribution in [2.75, 3.05) is 11.4 Å². The molecule has 0 saturated heterocycles. The van der Waals surface area contributed by atoms with Crippen molar-refractivity contribution in [3.63, 3.8) is 0 Å². The van der Waals surface area contributed by atoms with Crippen molar-refractivity contribution in [1.29, 1.82) is 0 Å². The first-order valence-electron chi connectivity index (χ1n) is 7.20. The molecule has 0 spiro atoms. The molecule has 1 aliphatic carbocycles. The van der Waals surface area contributed by atoms with E-state index in [1.807, 2.05) is 0 Å². The van der Waals surface area contributed by atoms with Crippen LogP contribution in [0.25, 0.3) is 0 Å². The van der Waals surface area contributed by atoms with E-state index in [0.29, 0.717) is 0 Å². The van der Waals surface area contributed by atoms with Crippen LogP contribution in [0.5, 0.6) is 0 Å². The lowest BCUT2D eigenvalue weighted by Crippen LogP contribution is -2.29. The summed E-state index contributed by atoms with van der Waals surface area (Å²) in [7, 11) is 0. The molecule has 1 aromatic carbocycles. The van der Waals surface area contributed by atoms with E-state index in [1.165, 1.54) is 30.5 Å². The van der Waals surface area contributed by atoms with Gasteiger partial charge in [0.2, 0.25) is 0 Å². The summed E-state index contributed by atoms with van der Waals surface area (Å²) in [4.78, 5) is 2.58. The summed E-state index contributed by atoms with van der Waals surface area (Å²) in [6, 6.07) is 9.49. The second kappa shape index (κ2) is 5.75. The number of anilines is 1. The molecule has 2 heteroatoms. The predicted molar refractivity (Wildman–Crippen MR) is 78.9 cm³/mol. The van der Waals surface area contributed by atoms with Crippen LogP contribution in [-0.2, 0) is 0 Å². The molecule has 0 amide bonds. The van der Waals surface area contributed by atoms with E-state index in [4.69, 9.17) is 5.73 Å². The predicted octanol–water partition coefficient (Wildman–Crippen LogP) is 3.72. The van der Waals surface area contributed by atoms with Gasteiger partial charge in [-0.15, -0.1) is 0 Å². The van der Waals surface area contributed by atoms with Crippen LogP contribution in [0.1, 0.15) is 51.6 Å². The fourth-order valence-electron chi connectivity index (χ4n) is 2.42. The summed E-state index contributed by atoms with van der Waals surface area (Å²) in [6.07, 6.45) is 3.93. The molecule has 0 aromatic heterocycles. The van der Waals surface area contributed by atoms with Gasteiger partial charge in [-0.05, 0) is 43.7 Å². The van der Waals surface area contributed by atoms with E-state index < -0.39 is 0 Å². The van der Waals surface area contributed by atoms with Gasteiger partial charge in [-0.2, -0.15) is 0 Å². The van der Waals surface area contributed by atoms with Gasteiger partial charge >= 0.3 is 0 Å². The third kappa shape index (κ3) is 3.26. The Morgan fingerprint density at radius 1 is 1.22 bits per heavy atom. The summed E-state index contributed by atoms with van der Waals surface area (Å²) >= 11 is 0. The Bertz CT molecular complexity index is 380. The van der Waals surface area contributed by atoms with Crippen molar-refractivity contribution >= 4 is 5.69 Å². The van der Waals surface area contributed by atoms with Crippen LogP contribution >= 0.6 is 0 Å². The van der Waals surface area contributed by atoms with Crippen LogP contribution in [-0.4, -0.2) is 12.6 Å². The van der Waals surface area contributed by atoms with Crippen molar-refractivity contribution in [2.45, 2.75) is 52.1 Å². The van der Waals surface area contributed by atoms with Gasteiger partial charge in [-0.3, -0.25) is 0 Å². The van der Waals surface area contributed by atoms with Crippen LogP contribution < -0.4 is 10.6 Å². The van der Waals surface area contributed by atoms with Crippen LogP contribution in [0.3, 0.4) is 0 Å². The van der Waals surface area contributed by atoms with Gasteiger partial charge in [0, 0.05) is 24.3 Å². The number of para-hydroxylation sites is 1. The fraction of sp³-hybridized carbons (Fsp3) is 0.625. The molecule has 0 aliphatic heterocycles. The van der Waals surface area contributed by atoms with Gasteiger partial charge in [-0.25, -0.2) is 0 Å². The summed E-state index contributed by atoms with van der Waals surface area (Å²) in [5, 5.41) is 0. The molecule has 2 rings (SSSR count). The van der Waals surface area contributed by atoms with Crippen LogP contribution in [0.15, 0.2) is 24.3 Å². The summed E-state index contributed by atoms with van der Waals surface area (Å²) in [6.45, 7) is 7.82. The number of nitrogens with zero attached hydrogens (tertiary/aromatic N) is 1. The highest BCUT2D eigenvalue weighted by Gasteiger charge is 2.30. The molecule has 0 heterocycles. The normalized spacial score (nSPS) is 16.9. The summed E-state index contributed by atoms with van der Waals surface area (Å²) in [5.41, 5.74) is 8.74. The Balaban J connectivity index is 2.19. The third-order valence-corrected chi connectivity index (χ3v) is 3.67. The number of benzene rings is 1. The molecule has 2 nitrogen and oxygen atoms in total. The zero-order chi connectivity index (χ0) is 13.1. The van der Waals surface area contributed by atoms with Crippen molar-refractivity contribution in [1.82, 2.24) is 0 Å². The van der Waals surface area contributed by atoms with Crippen molar-refractivity contribution in [3.05, 3.63) is 29.8 Å². The molecular formula is C16H26N2. The first kappa shape index (κ1) is 13.4. The van der Waals surface area contributed by atoms with Crippen molar-refractivity contribution < 1.29 is 0 Å². The lowest BCUT2D eigenvalue weighted by molar-refractivity contribution is 0.569. The summed E-state index contributed by atoms with van der Waals surface area (Å²) in [5.74, 6) is 0.758. The highest BCUT2D eigenvalue weighted by atomic mass is 15.2. The van der Waals surface area contributed by atoms with E-state index in [9.17, 15) is 0 Å². The Hall–Kier alpha value is -1.02. The van der Waals surface area contributed by atoms with Gasteiger partial charge in [0.05, 0.1) is 0 Å². The maximum atomic E-state index is 6.10. The Labute approximate surface area is 111 Å². The van der Waals surface area contributed by atoms with Crippen molar-refractivity contribution in [2.24, 2.45) is 11.7 Å². The van der Waals surface area contributed by atoms with Gasteiger partial charge in [0.15, 0.2) is 0 Å². The maximum Gasteiger partial charge on any atom is 0.0417 e. The minimum Gasteiger partial charge on any atom is -0.368 e. The van der Waals surface area contributed by atoms with E-state index >= 15 is 0 Å². The lowest BCUT2D eigenvalue weighted by atomic mass is 10.0. The molecule has 1 aliphatic rings. The molecular weight excluding hydrogens is 220 g/mol. The van der Waals surface area contributed by atoms with Gasteiger partial charge in [0.25, 0.3) is 0 Å². The average Bonchev–Trinajstić information content (AvgIpc) is 3.14. The van der Waals surface area contributed by atoms with Gasteiger partial charge in [-0.1, -0.05) is 32.0 Å². The lowest BCUT2D eigenvalue weighted by Gasteiger charge is -2.29. The molecule has 1 aromatic rings. The molecule has 1 fully saturated rings. The molecule has 100 valence electrons. The second-order valence-electron chi connectivity index (χ2n) is 5.95. The number of hydrogen-bond acceptors (Lipinski definition) is 2. The molecule has 0 bridgehead atoms. The third-order valence-electron chi connectivity index (χ3n) is 3.67.